The first kappa shape index (κ1) is 13.3. The average Bonchev–Trinajstić information content (AvgIpc) is 2.99. The monoisotopic (exact) mass is 276 g/mol. The maximum absolute atomic E-state index is 6.03. The summed E-state index contributed by atoms with van der Waals surface area (Å²) in [6.45, 7) is 5.36. The molecule has 2 fully saturated rings. The first-order valence-corrected chi connectivity index (χ1v) is 8.51. The number of rotatable bonds is 4. The van der Waals surface area contributed by atoms with Crippen molar-refractivity contribution in [3.8, 4) is 0 Å². The minimum absolute atomic E-state index is 0.657. The van der Waals surface area contributed by atoms with Crippen LogP contribution in [0.1, 0.15) is 31.7 Å². The van der Waals surface area contributed by atoms with E-state index in [0.29, 0.717) is 6.54 Å². The third-order valence-electron chi connectivity index (χ3n) is 4.68. The molecule has 19 heavy (non-hydrogen) atoms. The first-order valence-electron chi connectivity index (χ1n) is 7.53. The molecule has 2 aliphatic rings. The molecule has 3 rings (SSSR count). The fraction of sp³-hybridized carbons (Fsp3) is 0.625. The van der Waals surface area contributed by atoms with Gasteiger partial charge in [0.2, 0.25) is 0 Å². The standard InChI is InChI=1S/C16H24N2S/c1-2-19-16-8-4-7-15(14(16)9-17)18-10-12-5-3-6-13(12)11-18/h4,7-8,12-13H,2-3,5-6,9-11,17H2,1H3. The van der Waals surface area contributed by atoms with Crippen molar-refractivity contribution in [3.63, 3.8) is 0 Å². The van der Waals surface area contributed by atoms with Crippen molar-refractivity contribution in [2.75, 3.05) is 23.7 Å². The molecule has 0 radical (unpaired) electrons. The summed E-state index contributed by atoms with van der Waals surface area (Å²) in [5.74, 6) is 2.99. The van der Waals surface area contributed by atoms with Crippen LogP contribution in [-0.4, -0.2) is 18.8 Å². The molecule has 1 heterocycles. The summed E-state index contributed by atoms with van der Waals surface area (Å²) in [5, 5.41) is 0. The van der Waals surface area contributed by atoms with E-state index >= 15 is 0 Å². The van der Waals surface area contributed by atoms with Gasteiger partial charge in [0.1, 0.15) is 0 Å². The van der Waals surface area contributed by atoms with Crippen molar-refractivity contribution in [1.29, 1.82) is 0 Å². The summed E-state index contributed by atoms with van der Waals surface area (Å²) in [5.41, 5.74) is 8.78. The largest absolute Gasteiger partial charge is 0.371 e. The quantitative estimate of drug-likeness (QED) is 0.854. The van der Waals surface area contributed by atoms with E-state index in [1.165, 1.54) is 48.5 Å². The van der Waals surface area contributed by atoms with E-state index in [9.17, 15) is 0 Å². The molecule has 1 aromatic carbocycles. The summed E-state index contributed by atoms with van der Waals surface area (Å²) in [7, 11) is 0. The van der Waals surface area contributed by atoms with Gasteiger partial charge < -0.3 is 10.6 Å². The van der Waals surface area contributed by atoms with Gasteiger partial charge in [-0.2, -0.15) is 0 Å². The predicted octanol–water partition coefficient (Wildman–Crippen LogP) is 3.49. The van der Waals surface area contributed by atoms with E-state index in [4.69, 9.17) is 5.73 Å². The van der Waals surface area contributed by atoms with Gasteiger partial charge in [0, 0.05) is 35.8 Å². The molecule has 0 aromatic heterocycles. The number of fused-ring (bicyclic) bond motifs is 1. The van der Waals surface area contributed by atoms with Crippen molar-refractivity contribution in [2.45, 2.75) is 37.6 Å². The molecule has 0 bridgehead atoms. The lowest BCUT2D eigenvalue weighted by molar-refractivity contribution is 0.494. The molecular weight excluding hydrogens is 252 g/mol. The zero-order valence-electron chi connectivity index (χ0n) is 11.8. The molecular formula is C16H24N2S. The molecule has 1 aromatic rings. The Kier molecular flexibility index (Phi) is 4.04. The molecule has 2 N–H and O–H groups in total. The summed E-state index contributed by atoms with van der Waals surface area (Å²) < 4.78 is 0. The Morgan fingerprint density at radius 1 is 1.26 bits per heavy atom. The van der Waals surface area contributed by atoms with Crippen LogP contribution in [0.2, 0.25) is 0 Å². The maximum Gasteiger partial charge on any atom is 0.0423 e. The van der Waals surface area contributed by atoms with Gasteiger partial charge in [0.15, 0.2) is 0 Å². The van der Waals surface area contributed by atoms with E-state index in [0.717, 1.165) is 17.6 Å². The minimum atomic E-state index is 0.657. The Morgan fingerprint density at radius 2 is 2.00 bits per heavy atom. The molecule has 104 valence electrons. The van der Waals surface area contributed by atoms with Crippen LogP contribution in [-0.2, 0) is 6.54 Å². The Morgan fingerprint density at radius 3 is 2.63 bits per heavy atom. The van der Waals surface area contributed by atoms with Crippen LogP contribution in [0.3, 0.4) is 0 Å². The predicted molar refractivity (Wildman–Crippen MR) is 83.8 cm³/mol. The van der Waals surface area contributed by atoms with Crippen LogP contribution in [0.25, 0.3) is 0 Å². The third kappa shape index (κ3) is 2.50. The lowest BCUT2D eigenvalue weighted by atomic mass is 10.0. The highest BCUT2D eigenvalue weighted by Crippen LogP contribution is 2.41. The second-order valence-corrected chi connectivity index (χ2v) is 7.05. The SMILES string of the molecule is CCSc1cccc(N2CC3CCCC3C2)c1CN. The van der Waals surface area contributed by atoms with Gasteiger partial charge in [-0.1, -0.05) is 19.4 Å². The number of nitrogens with two attached hydrogens (primary N) is 1. The fourth-order valence-electron chi connectivity index (χ4n) is 3.78. The van der Waals surface area contributed by atoms with E-state index < -0.39 is 0 Å². The zero-order valence-corrected chi connectivity index (χ0v) is 12.6. The van der Waals surface area contributed by atoms with Gasteiger partial charge in [0.05, 0.1) is 0 Å². The molecule has 2 unspecified atom stereocenters. The second kappa shape index (κ2) is 5.76. The van der Waals surface area contributed by atoms with Crippen molar-refractivity contribution >= 4 is 17.4 Å². The molecule has 0 amide bonds. The molecule has 3 heteroatoms. The van der Waals surface area contributed by atoms with Crippen LogP contribution in [0.4, 0.5) is 5.69 Å². The molecule has 2 atom stereocenters. The number of hydrogen-bond acceptors (Lipinski definition) is 3. The van der Waals surface area contributed by atoms with Crippen molar-refractivity contribution in [2.24, 2.45) is 17.6 Å². The van der Waals surface area contributed by atoms with Crippen LogP contribution in [0.15, 0.2) is 23.1 Å². The van der Waals surface area contributed by atoms with E-state index in [2.05, 4.69) is 30.0 Å². The van der Waals surface area contributed by atoms with Crippen LogP contribution in [0.5, 0.6) is 0 Å². The van der Waals surface area contributed by atoms with E-state index in [1.54, 1.807) is 0 Å². The molecule has 1 aliphatic carbocycles. The van der Waals surface area contributed by atoms with Gasteiger partial charge in [-0.15, -0.1) is 11.8 Å². The van der Waals surface area contributed by atoms with Crippen molar-refractivity contribution < 1.29 is 0 Å². The Balaban J connectivity index is 1.86. The smallest absolute Gasteiger partial charge is 0.0423 e. The normalized spacial score (nSPS) is 25.9. The Hall–Kier alpha value is -0.670. The Bertz CT molecular complexity index is 434. The second-order valence-electron chi connectivity index (χ2n) is 5.75. The summed E-state index contributed by atoms with van der Waals surface area (Å²) >= 11 is 1.91. The van der Waals surface area contributed by atoms with Crippen molar-refractivity contribution in [3.05, 3.63) is 23.8 Å². The summed E-state index contributed by atoms with van der Waals surface area (Å²) in [6.07, 6.45) is 4.31. The topological polar surface area (TPSA) is 29.3 Å². The maximum atomic E-state index is 6.03. The van der Waals surface area contributed by atoms with Gasteiger partial charge >= 0.3 is 0 Å². The molecule has 0 spiro atoms. The number of hydrogen-bond donors (Lipinski definition) is 1. The number of thioether (sulfide) groups is 1. The number of benzene rings is 1. The van der Waals surface area contributed by atoms with Gasteiger partial charge in [-0.05, 0) is 42.6 Å². The lowest BCUT2D eigenvalue weighted by Gasteiger charge is -2.24. The highest BCUT2D eigenvalue weighted by Gasteiger charge is 2.36. The minimum Gasteiger partial charge on any atom is -0.371 e. The highest BCUT2D eigenvalue weighted by atomic mass is 32.2. The molecule has 1 aliphatic heterocycles. The third-order valence-corrected chi connectivity index (χ3v) is 5.66. The Labute approximate surface area is 120 Å². The van der Waals surface area contributed by atoms with E-state index in [1.807, 2.05) is 11.8 Å². The van der Waals surface area contributed by atoms with Gasteiger partial charge in [0.25, 0.3) is 0 Å². The van der Waals surface area contributed by atoms with Crippen LogP contribution in [0, 0.1) is 11.8 Å². The summed E-state index contributed by atoms with van der Waals surface area (Å²) in [4.78, 5) is 3.97. The van der Waals surface area contributed by atoms with Crippen LogP contribution >= 0.6 is 11.8 Å². The van der Waals surface area contributed by atoms with E-state index in [-0.39, 0.29) is 0 Å². The van der Waals surface area contributed by atoms with Crippen molar-refractivity contribution in [1.82, 2.24) is 0 Å². The fourth-order valence-corrected chi connectivity index (χ4v) is 4.63. The number of nitrogens with zero attached hydrogens (tertiary/aromatic N) is 1. The van der Waals surface area contributed by atoms with Crippen LogP contribution < -0.4 is 10.6 Å². The van der Waals surface area contributed by atoms with Gasteiger partial charge in [-0.25, -0.2) is 0 Å². The lowest BCUT2D eigenvalue weighted by Crippen LogP contribution is -2.23. The first-order chi connectivity index (χ1) is 9.33. The number of anilines is 1. The van der Waals surface area contributed by atoms with Gasteiger partial charge in [-0.3, -0.25) is 0 Å². The zero-order chi connectivity index (χ0) is 13.2. The summed E-state index contributed by atoms with van der Waals surface area (Å²) in [6, 6.07) is 6.68. The highest BCUT2D eigenvalue weighted by molar-refractivity contribution is 7.99. The molecule has 1 saturated carbocycles. The average molecular weight is 276 g/mol. The molecule has 2 nitrogen and oxygen atoms in total. The molecule has 1 saturated heterocycles.